The smallest absolute Gasteiger partial charge is 0.0752 e. The van der Waals surface area contributed by atoms with Crippen molar-refractivity contribution in [3.63, 3.8) is 0 Å². The molecular weight excluding hydrogens is 404 g/mol. The number of benzene rings is 1. The van der Waals surface area contributed by atoms with E-state index >= 15 is 0 Å². The zero-order valence-electron chi connectivity index (χ0n) is 21.3. The van der Waals surface area contributed by atoms with Crippen LogP contribution in [0.15, 0.2) is 36.4 Å². The summed E-state index contributed by atoms with van der Waals surface area (Å²) in [5.74, 6) is 4.11. The summed E-state index contributed by atoms with van der Waals surface area (Å²) in [4.78, 5) is 0. The monoisotopic (exact) mass is 450 g/mol. The first-order valence-corrected chi connectivity index (χ1v) is 13.8. The molecule has 0 amide bonds. The molecule has 4 aliphatic rings. The van der Waals surface area contributed by atoms with Crippen LogP contribution in [0.5, 0.6) is 0 Å². The van der Waals surface area contributed by atoms with Crippen LogP contribution in [0.25, 0.3) is 6.08 Å². The van der Waals surface area contributed by atoms with Gasteiger partial charge in [-0.3, -0.25) is 0 Å². The van der Waals surface area contributed by atoms with Crippen molar-refractivity contribution in [2.24, 2.45) is 46.3 Å². The van der Waals surface area contributed by atoms with Crippen LogP contribution in [0.4, 0.5) is 0 Å². The maximum atomic E-state index is 11.1. The van der Waals surface area contributed by atoms with Crippen LogP contribution >= 0.6 is 0 Å². The molecule has 10 atom stereocenters. The van der Waals surface area contributed by atoms with Crippen molar-refractivity contribution >= 4 is 6.08 Å². The van der Waals surface area contributed by atoms with Crippen LogP contribution in [0, 0.1) is 46.3 Å². The van der Waals surface area contributed by atoms with Gasteiger partial charge in [-0.2, -0.15) is 0 Å². The molecule has 5 rings (SSSR count). The molecule has 182 valence electrons. The van der Waals surface area contributed by atoms with E-state index in [0.29, 0.717) is 28.6 Å². The fourth-order valence-electron chi connectivity index (χ4n) is 9.52. The summed E-state index contributed by atoms with van der Waals surface area (Å²) < 4.78 is 0. The molecular formula is C31H46O2. The molecule has 0 aromatic heterocycles. The Morgan fingerprint density at radius 1 is 0.879 bits per heavy atom. The Balaban J connectivity index is 1.31. The third-order valence-electron chi connectivity index (χ3n) is 11.5. The van der Waals surface area contributed by atoms with Crippen LogP contribution in [-0.2, 0) is 0 Å². The topological polar surface area (TPSA) is 40.5 Å². The quantitative estimate of drug-likeness (QED) is 0.513. The van der Waals surface area contributed by atoms with Crippen molar-refractivity contribution in [3.05, 3.63) is 42.0 Å². The molecule has 0 unspecified atom stereocenters. The molecule has 0 saturated heterocycles. The highest BCUT2D eigenvalue weighted by atomic mass is 16.3. The standard InChI is InChI=1S/C31H46O2/c1-21(28(32)15-10-22-8-6-5-7-9-22)25-13-14-26-24-12-11-23-20-29(2,33)18-19-30(23,3)27(24)16-17-31(25,26)4/h5-10,15,21,23-28,32-33H,11-14,16-20H2,1-4H3/b15-10+/t21-,23-,24-,25+,26-,27-,28-,29-,30-,31+/m0/s1. The first kappa shape index (κ1) is 23.6. The normalized spacial score (nSPS) is 46.9. The second kappa shape index (κ2) is 8.52. The average molecular weight is 451 g/mol. The van der Waals surface area contributed by atoms with Crippen LogP contribution in [0.3, 0.4) is 0 Å². The lowest BCUT2D eigenvalue weighted by Gasteiger charge is -2.62. The van der Waals surface area contributed by atoms with Crippen LogP contribution < -0.4 is 0 Å². The maximum absolute atomic E-state index is 11.1. The number of hydrogen-bond acceptors (Lipinski definition) is 2. The minimum atomic E-state index is -0.447. The Morgan fingerprint density at radius 3 is 2.36 bits per heavy atom. The van der Waals surface area contributed by atoms with Crippen molar-refractivity contribution in [2.75, 3.05) is 0 Å². The van der Waals surface area contributed by atoms with Crippen LogP contribution in [-0.4, -0.2) is 21.9 Å². The number of rotatable bonds is 4. The number of hydrogen-bond donors (Lipinski definition) is 2. The predicted molar refractivity (Wildman–Crippen MR) is 136 cm³/mol. The van der Waals surface area contributed by atoms with E-state index in [-0.39, 0.29) is 6.10 Å². The van der Waals surface area contributed by atoms with E-state index in [1.807, 2.05) is 12.1 Å². The Kier molecular flexibility index (Phi) is 6.10. The van der Waals surface area contributed by atoms with Gasteiger partial charge in [0, 0.05) is 0 Å². The van der Waals surface area contributed by atoms with Crippen molar-refractivity contribution < 1.29 is 10.2 Å². The van der Waals surface area contributed by atoms with Crippen LogP contribution in [0.1, 0.15) is 91.0 Å². The van der Waals surface area contributed by atoms with Gasteiger partial charge >= 0.3 is 0 Å². The summed E-state index contributed by atoms with van der Waals surface area (Å²) in [6.07, 6.45) is 14.9. The molecule has 2 nitrogen and oxygen atoms in total. The van der Waals surface area contributed by atoms with E-state index in [9.17, 15) is 10.2 Å². The summed E-state index contributed by atoms with van der Waals surface area (Å²) in [5, 5.41) is 21.9. The molecule has 2 heteroatoms. The van der Waals surface area contributed by atoms with Gasteiger partial charge in [-0.05, 0) is 117 Å². The molecule has 1 aromatic rings. The van der Waals surface area contributed by atoms with Crippen LogP contribution in [0.2, 0.25) is 0 Å². The number of aliphatic hydroxyl groups is 2. The van der Waals surface area contributed by atoms with Gasteiger partial charge in [-0.15, -0.1) is 0 Å². The largest absolute Gasteiger partial charge is 0.390 e. The van der Waals surface area contributed by atoms with E-state index in [4.69, 9.17) is 0 Å². The molecule has 1 aromatic carbocycles. The van der Waals surface area contributed by atoms with Gasteiger partial charge in [-0.1, -0.05) is 63.3 Å². The molecule has 33 heavy (non-hydrogen) atoms. The second-order valence-electron chi connectivity index (χ2n) is 13.2. The fourth-order valence-corrected chi connectivity index (χ4v) is 9.52. The lowest BCUT2D eigenvalue weighted by molar-refractivity contribution is -0.149. The Morgan fingerprint density at radius 2 is 1.61 bits per heavy atom. The molecule has 0 radical (unpaired) electrons. The van der Waals surface area contributed by atoms with Gasteiger partial charge in [0.15, 0.2) is 0 Å². The predicted octanol–water partition coefficient (Wildman–Crippen LogP) is 7.11. The number of aliphatic hydroxyl groups excluding tert-OH is 1. The molecule has 0 spiro atoms. The van der Waals surface area contributed by atoms with Crippen molar-refractivity contribution in [1.29, 1.82) is 0 Å². The summed E-state index contributed by atoms with van der Waals surface area (Å²) in [6, 6.07) is 10.3. The summed E-state index contributed by atoms with van der Waals surface area (Å²) >= 11 is 0. The van der Waals surface area contributed by atoms with E-state index in [1.165, 1.54) is 44.9 Å². The molecule has 0 heterocycles. The zero-order chi connectivity index (χ0) is 23.4. The molecule has 4 saturated carbocycles. The zero-order valence-corrected chi connectivity index (χ0v) is 21.3. The Hall–Kier alpha value is -1.12. The van der Waals surface area contributed by atoms with E-state index < -0.39 is 5.60 Å². The summed E-state index contributed by atoms with van der Waals surface area (Å²) in [7, 11) is 0. The van der Waals surface area contributed by atoms with Crippen molar-refractivity contribution in [3.8, 4) is 0 Å². The lowest BCUT2D eigenvalue weighted by atomic mass is 9.43. The maximum Gasteiger partial charge on any atom is 0.0752 e. The minimum absolute atomic E-state index is 0.299. The Bertz CT molecular complexity index is 859. The molecule has 2 N–H and O–H groups in total. The minimum Gasteiger partial charge on any atom is -0.390 e. The third-order valence-corrected chi connectivity index (χ3v) is 11.5. The third kappa shape index (κ3) is 4.04. The average Bonchev–Trinajstić information content (AvgIpc) is 3.15. The molecule has 0 bridgehead atoms. The molecule has 4 fully saturated rings. The lowest BCUT2D eigenvalue weighted by Crippen LogP contribution is -2.55. The highest BCUT2D eigenvalue weighted by Gasteiger charge is 2.61. The fraction of sp³-hybridized carbons (Fsp3) is 0.742. The van der Waals surface area contributed by atoms with E-state index in [1.54, 1.807) is 0 Å². The number of fused-ring (bicyclic) bond motifs is 5. The first-order valence-electron chi connectivity index (χ1n) is 13.8. The van der Waals surface area contributed by atoms with E-state index in [2.05, 4.69) is 58.0 Å². The first-order chi connectivity index (χ1) is 15.6. The van der Waals surface area contributed by atoms with Crippen molar-refractivity contribution in [1.82, 2.24) is 0 Å². The second-order valence-corrected chi connectivity index (χ2v) is 13.2. The SMILES string of the molecule is C[C@@H]([C@H]1CC[C@H]2[C@@H]3CC[C@H]4C[C@@](C)(O)CC[C@]4(C)[C@H]3CC[C@]12C)[C@@H](O)/C=C/c1ccccc1. The van der Waals surface area contributed by atoms with Gasteiger partial charge < -0.3 is 10.2 Å². The van der Waals surface area contributed by atoms with Gasteiger partial charge in [0.05, 0.1) is 11.7 Å². The van der Waals surface area contributed by atoms with Gasteiger partial charge in [-0.25, -0.2) is 0 Å². The van der Waals surface area contributed by atoms with Gasteiger partial charge in [0.2, 0.25) is 0 Å². The summed E-state index contributed by atoms with van der Waals surface area (Å²) in [6.45, 7) is 9.53. The highest BCUT2D eigenvalue weighted by molar-refractivity contribution is 5.49. The Labute approximate surface area is 201 Å². The van der Waals surface area contributed by atoms with E-state index in [0.717, 1.165) is 36.2 Å². The molecule has 4 aliphatic carbocycles. The molecule has 0 aliphatic heterocycles. The highest BCUT2D eigenvalue weighted by Crippen LogP contribution is 2.68. The summed E-state index contributed by atoms with van der Waals surface area (Å²) in [5.41, 5.74) is 1.51. The van der Waals surface area contributed by atoms with Crippen molar-refractivity contribution in [2.45, 2.75) is 97.2 Å². The van der Waals surface area contributed by atoms with Gasteiger partial charge in [0.25, 0.3) is 0 Å². The van der Waals surface area contributed by atoms with Gasteiger partial charge in [0.1, 0.15) is 0 Å².